The van der Waals surface area contributed by atoms with Gasteiger partial charge in [0.05, 0.1) is 30.3 Å². The largest absolute Gasteiger partial charge is 0.483 e. The number of amides is 1. The molecule has 0 N–H and O–H groups in total. The molecule has 1 amide bonds. The molecule has 3 aliphatic rings. The monoisotopic (exact) mass is 409 g/mol. The number of ketones is 1. The van der Waals surface area contributed by atoms with Crippen LogP contribution in [-0.2, 0) is 20.9 Å². The summed E-state index contributed by atoms with van der Waals surface area (Å²) in [7, 11) is 0. The van der Waals surface area contributed by atoms with Gasteiger partial charge in [-0.2, -0.15) is 0 Å². The third-order valence-electron chi connectivity index (χ3n) is 6.91. The minimum absolute atomic E-state index is 0.0800. The molecule has 1 aromatic heterocycles. The fourth-order valence-electron chi connectivity index (χ4n) is 5.06. The van der Waals surface area contributed by atoms with Crippen molar-refractivity contribution in [3.05, 3.63) is 71.1 Å². The van der Waals surface area contributed by atoms with E-state index in [2.05, 4.69) is 13.8 Å². The zero-order valence-electron chi connectivity index (χ0n) is 17.0. The molecule has 30 heavy (non-hydrogen) atoms. The van der Waals surface area contributed by atoms with E-state index >= 15 is 0 Å². The molecular formula is C24H24FNO4. The molecule has 1 fully saturated rings. The number of fused-ring (bicyclic) bond motifs is 1. The Bertz CT molecular complexity index is 1030. The molecule has 0 spiro atoms. The smallest absolute Gasteiger partial charge is 0.290 e. The second-order valence-electron chi connectivity index (χ2n) is 8.73. The van der Waals surface area contributed by atoms with Gasteiger partial charge < -0.3 is 14.1 Å². The maximum absolute atomic E-state index is 14.8. The number of Topliss-reactive ketones (excluding diaryl/α,β-unsaturated/α-hetero) is 1. The van der Waals surface area contributed by atoms with E-state index in [0.29, 0.717) is 28.7 Å². The highest BCUT2D eigenvalue weighted by molar-refractivity contribution is 6.11. The molecular weight excluding hydrogens is 385 g/mol. The van der Waals surface area contributed by atoms with Crippen molar-refractivity contribution >= 4 is 11.7 Å². The van der Waals surface area contributed by atoms with E-state index < -0.39 is 11.9 Å². The molecule has 1 aliphatic carbocycles. The second kappa shape index (κ2) is 7.11. The maximum atomic E-state index is 14.8. The highest BCUT2D eigenvalue weighted by Crippen LogP contribution is 2.49. The fourth-order valence-corrected chi connectivity index (χ4v) is 5.06. The van der Waals surface area contributed by atoms with Gasteiger partial charge in [0.25, 0.3) is 5.91 Å². The van der Waals surface area contributed by atoms with Gasteiger partial charge in [0, 0.05) is 5.56 Å². The van der Waals surface area contributed by atoms with Crippen molar-refractivity contribution in [3.8, 4) is 0 Å². The van der Waals surface area contributed by atoms with Gasteiger partial charge in [0.2, 0.25) is 0 Å². The second-order valence-corrected chi connectivity index (χ2v) is 8.73. The summed E-state index contributed by atoms with van der Waals surface area (Å²) in [6.07, 6.45) is 2.69. The minimum atomic E-state index is -0.818. The van der Waals surface area contributed by atoms with Crippen LogP contribution in [0.3, 0.4) is 0 Å². The number of benzene rings is 1. The average Bonchev–Trinajstić information content (AvgIpc) is 3.32. The third-order valence-corrected chi connectivity index (χ3v) is 6.91. The zero-order valence-corrected chi connectivity index (χ0v) is 17.0. The van der Waals surface area contributed by atoms with Gasteiger partial charge in [-0.25, -0.2) is 4.39 Å². The lowest BCUT2D eigenvalue weighted by Gasteiger charge is -2.40. The van der Waals surface area contributed by atoms with Crippen molar-refractivity contribution < 1.29 is 23.1 Å². The molecule has 3 heterocycles. The lowest BCUT2D eigenvalue weighted by Crippen LogP contribution is -2.43. The topological polar surface area (TPSA) is 59.8 Å². The van der Waals surface area contributed by atoms with E-state index in [0.717, 1.165) is 12.8 Å². The number of halogens is 1. The summed E-state index contributed by atoms with van der Waals surface area (Å²) in [5.74, 6) is 0.258. The highest BCUT2D eigenvalue weighted by Gasteiger charge is 2.53. The minimum Gasteiger partial charge on any atom is -0.483 e. The van der Waals surface area contributed by atoms with Crippen LogP contribution in [0.1, 0.15) is 44.1 Å². The maximum Gasteiger partial charge on any atom is 0.290 e. The quantitative estimate of drug-likeness (QED) is 0.754. The number of hydrogen-bond acceptors (Lipinski definition) is 4. The lowest BCUT2D eigenvalue weighted by molar-refractivity contribution is -0.137. The molecule has 1 saturated carbocycles. The van der Waals surface area contributed by atoms with Gasteiger partial charge in [0.15, 0.2) is 11.5 Å². The number of nitrogens with zero attached hydrogens (tertiary/aromatic N) is 1. The van der Waals surface area contributed by atoms with Crippen LogP contribution in [0.25, 0.3) is 0 Å². The molecule has 5 rings (SSSR count). The number of carbonyl (C=O) groups excluding carboxylic acids is 2. The Morgan fingerprint density at radius 1 is 1.07 bits per heavy atom. The standard InChI is InChI=1S/C24H24FNO4/c1-13-10-17-19(11-14(13)2)30-23-20(22(17)27)21(16-7-3-4-8-18(16)25)26(24(23)28)12-15-6-5-9-29-15/h3-9,13-14,17,19,21H,10-12H2,1-2H3. The first kappa shape index (κ1) is 19.1. The van der Waals surface area contributed by atoms with E-state index in [4.69, 9.17) is 9.15 Å². The molecule has 156 valence electrons. The molecule has 0 saturated heterocycles. The number of furan rings is 1. The van der Waals surface area contributed by atoms with Crippen LogP contribution >= 0.6 is 0 Å². The first-order valence-electron chi connectivity index (χ1n) is 10.5. The third kappa shape index (κ3) is 2.89. The summed E-state index contributed by atoms with van der Waals surface area (Å²) in [6.45, 7) is 4.44. The predicted molar refractivity (Wildman–Crippen MR) is 106 cm³/mol. The van der Waals surface area contributed by atoms with E-state index in [1.807, 2.05) is 0 Å². The summed E-state index contributed by atoms with van der Waals surface area (Å²) in [5, 5.41) is 0. The van der Waals surface area contributed by atoms with Gasteiger partial charge in [-0.15, -0.1) is 0 Å². The van der Waals surface area contributed by atoms with Gasteiger partial charge in [0.1, 0.15) is 17.7 Å². The Morgan fingerprint density at radius 3 is 2.57 bits per heavy atom. The Kier molecular flexibility index (Phi) is 4.53. The molecule has 5 unspecified atom stereocenters. The van der Waals surface area contributed by atoms with Crippen LogP contribution < -0.4 is 0 Å². The summed E-state index contributed by atoms with van der Waals surface area (Å²) in [6, 6.07) is 8.97. The Labute approximate surface area is 174 Å². The predicted octanol–water partition coefficient (Wildman–Crippen LogP) is 4.41. The molecule has 5 atom stereocenters. The molecule has 2 aliphatic heterocycles. The van der Waals surface area contributed by atoms with Gasteiger partial charge in [-0.05, 0) is 42.9 Å². The van der Waals surface area contributed by atoms with Crippen LogP contribution in [-0.4, -0.2) is 22.7 Å². The van der Waals surface area contributed by atoms with E-state index in [1.165, 1.54) is 17.2 Å². The highest BCUT2D eigenvalue weighted by atomic mass is 19.1. The van der Waals surface area contributed by atoms with Crippen LogP contribution in [0.15, 0.2) is 58.4 Å². The lowest BCUT2D eigenvalue weighted by atomic mass is 9.70. The summed E-state index contributed by atoms with van der Waals surface area (Å²) in [4.78, 5) is 28.5. The summed E-state index contributed by atoms with van der Waals surface area (Å²) >= 11 is 0. The Hall–Kier alpha value is -2.89. The van der Waals surface area contributed by atoms with Crippen molar-refractivity contribution in [1.82, 2.24) is 4.90 Å². The van der Waals surface area contributed by atoms with Crippen LogP contribution in [0.4, 0.5) is 4.39 Å². The molecule has 0 radical (unpaired) electrons. The van der Waals surface area contributed by atoms with Crippen molar-refractivity contribution in [2.75, 3.05) is 0 Å². The fraction of sp³-hybridized carbons (Fsp3) is 0.417. The van der Waals surface area contributed by atoms with Gasteiger partial charge in [-0.1, -0.05) is 32.0 Å². The van der Waals surface area contributed by atoms with Crippen LogP contribution in [0.2, 0.25) is 0 Å². The number of carbonyl (C=O) groups is 2. The van der Waals surface area contributed by atoms with Crippen molar-refractivity contribution in [2.45, 2.75) is 45.4 Å². The SMILES string of the molecule is CC1CC2OC3=C(C(=O)C2CC1C)C(c1ccccc1F)N(Cc1ccco1)C3=O. The summed E-state index contributed by atoms with van der Waals surface area (Å²) in [5.41, 5.74) is 0.592. The Morgan fingerprint density at radius 2 is 1.83 bits per heavy atom. The van der Waals surface area contributed by atoms with Crippen molar-refractivity contribution in [1.29, 1.82) is 0 Å². The average molecular weight is 409 g/mol. The van der Waals surface area contributed by atoms with Crippen molar-refractivity contribution in [3.63, 3.8) is 0 Å². The van der Waals surface area contributed by atoms with Gasteiger partial charge in [-0.3, -0.25) is 9.59 Å². The van der Waals surface area contributed by atoms with Gasteiger partial charge >= 0.3 is 0 Å². The first-order valence-corrected chi connectivity index (χ1v) is 10.5. The van der Waals surface area contributed by atoms with Crippen LogP contribution in [0.5, 0.6) is 0 Å². The van der Waals surface area contributed by atoms with E-state index in [-0.39, 0.29) is 36.0 Å². The van der Waals surface area contributed by atoms with E-state index in [1.54, 1.807) is 30.3 Å². The van der Waals surface area contributed by atoms with Crippen molar-refractivity contribution in [2.24, 2.45) is 17.8 Å². The Balaban J connectivity index is 1.60. The number of ether oxygens (including phenoxy) is 1. The molecule has 2 aromatic rings. The zero-order chi connectivity index (χ0) is 21.0. The van der Waals surface area contributed by atoms with E-state index in [9.17, 15) is 14.0 Å². The molecule has 5 nitrogen and oxygen atoms in total. The van der Waals surface area contributed by atoms with Crippen LogP contribution in [0, 0.1) is 23.6 Å². The summed E-state index contributed by atoms with van der Waals surface area (Å²) < 4.78 is 26.4. The normalized spacial score (nSPS) is 30.9. The first-order chi connectivity index (χ1) is 14.5. The number of rotatable bonds is 3. The molecule has 1 aromatic carbocycles. The molecule has 0 bridgehead atoms. The number of hydrogen-bond donors (Lipinski definition) is 0. The molecule has 6 heteroatoms.